The van der Waals surface area contributed by atoms with Gasteiger partial charge in [-0.3, -0.25) is 19.9 Å². The Hall–Kier alpha value is -4.24. The van der Waals surface area contributed by atoms with Crippen LogP contribution in [0.25, 0.3) is 0 Å². The van der Waals surface area contributed by atoms with Crippen molar-refractivity contribution in [3.05, 3.63) is 84.2 Å². The molecule has 0 spiro atoms. The maximum atomic E-state index is 12.7. The van der Waals surface area contributed by atoms with Gasteiger partial charge < -0.3 is 20.1 Å². The number of methoxy groups -OCH3 is 1. The third kappa shape index (κ3) is 6.64. The van der Waals surface area contributed by atoms with Gasteiger partial charge in [-0.1, -0.05) is 12.1 Å². The van der Waals surface area contributed by atoms with E-state index in [1.165, 1.54) is 13.3 Å². The van der Waals surface area contributed by atoms with Gasteiger partial charge in [0.25, 0.3) is 11.8 Å². The van der Waals surface area contributed by atoms with Crippen LogP contribution in [0.15, 0.2) is 73.1 Å². The van der Waals surface area contributed by atoms with Crippen molar-refractivity contribution in [2.75, 3.05) is 36.3 Å². The second-order valence-electron chi connectivity index (χ2n) is 6.57. The van der Waals surface area contributed by atoms with Gasteiger partial charge in [-0.15, -0.1) is 0 Å². The monoisotopic (exact) mass is 434 g/mol. The van der Waals surface area contributed by atoms with Gasteiger partial charge in [-0.05, 0) is 48.5 Å². The lowest BCUT2D eigenvalue weighted by Crippen LogP contribution is -2.17. The fourth-order valence-electron chi connectivity index (χ4n) is 2.69. The Kier molecular flexibility index (Phi) is 7.88. The highest BCUT2D eigenvalue weighted by molar-refractivity contribution is 6.07. The number of amides is 3. The number of carbonyl (C=O) groups excluding carboxylic acids is 3. The smallest absolute Gasteiger partial charge is 0.411 e. The van der Waals surface area contributed by atoms with Crippen molar-refractivity contribution in [2.24, 2.45) is 0 Å². The molecule has 0 bridgehead atoms. The largest absolute Gasteiger partial charge is 0.447 e. The van der Waals surface area contributed by atoms with Crippen molar-refractivity contribution in [1.29, 1.82) is 0 Å². The normalized spacial score (nSPS) is 10.2. The van der Waals surface area contributed by atoms with Crippen LogP contribution in [-0.4, -0.2) is 43.2 Å². The number of benzene rings is 2. The molecule has 0 saturated carbocycles. The van der Waals surface area contributed by atoms with Gasteiger partial charge in [-0.2, -0.15) is 0 Å². The number of hydrogen-bond donors (Lipinski definition) is 3. The number of rotatable bonds is 8. The lowest BCUT2D eigenvalue weighted by molar-refractivity contribution is 0.101. The van der Waals surface area contributed by atoms with Gasteiger partial charge in [0.05, 0.1) is 12.2 Å². The lowest BCUT2D eigenvalue weighted by Gasteiger charge is -2.10. The zero-order valence-corrected chi connectivity index (χ0v) is 17.3. The molecule has 0 fully saturated rings. The zero-order chi connectivity index (χ0) is 22.8. The number of anilines is 3. The minimum absolute atomic E-state index is 0.131. The summed E-state index contributed by atoms with van der Waals surface area (Å²) in [6, 6.07) is 16.5. The van der Waals surface area contributed by atoms with E-state index in [9.17, 15) is 14.4 Å². The van der Waals surface area contributed by atoms with Crippen LogP contribution in [0.1, 0.15) is 20.7 Å². The molecule has 1 aromatic heterocycles. The maximum Gasteiger partial charge on any atom is 0.411 e. The first kappa shape index (κ1) is 22.4. The first-order chi connectivity index (χ1) is 15.5. The summed E-state index contributed by atoms with van der Waals surface area (Å²) in [6.07, 6.45) is 2.42. The Bertz CT molecular complexity index is 1090. The molecule has 3 rings (SSSR count). The number of nitrogens with zero attached hydrogens (tertiary/aromatic N) is 1. The molecule has 32 heavy (non-hydrogen) atoms. The molecule has 0 aliphatic carbocycles. The second kappa shape index (κ2) is 11.2. The van der Waals surface area contributed by atoms with Crippen molar-refractivity contribution in [3.63, 3.8) is 0 Å². The van der Waals surface area contributed by atoms with Gasteiger partial charge in [0.1, 0.15) is 6.61 Å². The van der Waals surface area contributed by atoms with E-state index in [1.807, 2.05) is 0 Å². The van der Waals surface area contributed by atoms with Gasteiger partial charge in [-0.25, -0.2) is 4.79 Å². The van der Waals surface area contributed by atoms with E-state index in [1.54, 1.807) is 66.9 Å². The van der Waals surface area contributed by atoms with Crippen LogP contribution < -0.4 is 16.0 Å². The van der Waals surface area contributed by atoms with Crippen LogP contribution in [0.5, 0.6) is 0 Å². The van der Waals surface area contributed by atoms with Gasteiger partial charge >= 0.3 is 6.09 Å². The van der Waals surface area contributed by atoms with E-state index < -0.39 is 6.09 Å². The fraction of sp³-hybridized carbons (Fsp3) is 0.130. The number of aromatic nitrogens is 1. The number of ether oxygens (including phenoxy) is 2. The Morgan fingerprint density at radius 1 is 0.781 bits per heavy atom. The molecule has 9 nitrogen and oxygen atoms in total. The molecule has 0 radical (unpaired) electrons. The van der Waals surface area contributed by atoms with Crippen LogP contribution in [0, 0.1) is 0 Å². The highest BCUT2D eigenvalue weighted by Gasteiger charge is 2.11. The molecular formula is C23H22N4O5. The van der Waals surface area contributed by atoms with E-state index in [2.05, 4.69) is 20.9 Å². The SMILES string of the molecule is COCCOC(=O)Nc1cccc(NC(=O)c2cccc(NC(=O)c3cccnc3)c2)c1. The van der Waals surface area contributed by atoms with E-state index >= 15 is 0 Å². The number of hydrogen-bond acceptors (Lipinski definition) is 6. The molecule has 3 amide bonds. The van der Waals surface area contributed by atoms with E-state index in [4.69, 9.17) is 9.47 Å². The van der Waals surface area contributed by atoms with Crippen molar-refractivity contribution < 1.29 is 23.9 Å². The summed E-state index contributed by atoms with van der Waals surface area (Å²) in [5.74, 6) is -0.700. The Morgan fingerprint density at radius 2 is 1.41 bits per heavy atom. The molecule has 1 heterocycles. The maximum absolute atomic E-state index is 12.7. The van der Waals surface area contributed by atoms with Gasteiger partial charge in [0.2, 0.25) is 0 Å². The summed E-state index contributed by atoms with van der Waals surface area (Å²) >= 11 is 0. The van der Waals surface area contributed by atoms with Crippen molar-refractivity contribution >= 4 is 35.0 Å². The Labute approximate surface area is 184 Å². The average molecular weight is 434 g/mol. The van der Waals surface area contributed by atoms with Crippen molar-refractivity contribution in [1.82, 2.24) is 4.98 Å². The van der Waals surface area contributed by atoms with Crippen LogP contribution in [-0.2, 0) is 9.47 Å². The number of pyridine rings is 1. The molecular weight excluding hydrogens is 412 g/mol. The average Bonchev–Trinajstić information content (AvgIpc) is 2.80. The van der Waals surface area contributed by atoms with Crippen LogP contribution in [0.4, 0.5) is 21.9 Å². The summed E-state index contributed by atoms with van der Waals surface area (Å²) < 4.78 is 9.77. The minimum atomic E-state index is -0.623. The summed E-state index contributed by atoms with van der Waals surface area (Å²) in [5.41, 5.74) is 2.18. The molecule has 3 N–H and O–H groups in total. The molecule has 2 aromatic carbocycles. The first-order valence-corrected chi connectivity index (χ1v) is 9.71. The van der Waals surface area contributed by atoms with Crippen molar-refractivity contribution in [2.45, 2.75) is 0 Å². The molecule has 0 atom stereocenters. The molecule has 9 heteroatoms. The number of carbonyl (C=O) groups is 3. The predicted octanol–water partition coefficient (Wildman–Crippen LogP) is 3.78. The molecule has 0 aliphatic rings. The summed E-state index contributed by atoms with van der Waals surface area (Å²) in [5, 5.41) is 8.08. The Morgan fingerprint density at radius 3 is 2.09 bits per heavy atom. The summed E-state index contributed by atoms with van der Waals surface area (Å²) in [4.78, 5) is 40.6. The molecule has 164 valence electrons. The fourth-order valence-corrected chi connectivity index (χ4v) is 2.69. The summed E-state index contributed by atoms with van der Waals surface area (Å²) in [7, 11) is 1.51. The van der Waals surface area contributed by atoms with E-state index in [0.29, 0.717) is 34.8 Å². The van der Waals surface area contributed by atoms with Gasteiger partial charge in [0, 0.05) is 42.1 Å². The van der Waals surface area contributed by atoms with Crippen molar-refractivity contribution in [3.8, 4) is 0 Å². The second-order valence-corrected chi connectivity index (χ2v) is 6.57. The molecule has 0 aliphatic heterocycles. The van der Waals surface area contributed by atoms with E-state index in [0.717, 1.165) is 0 Å². The topological polar surface area (TPSA) is 119 Å². The third-order valence-electron chi connectivity index (χ3n) is 4.19. The number of nitrogens with one attached hydrogen (secondary N) is 3. The summed E-state index contributed by atoms with van der Waals surface area (Å²) in [6.45, 7) is 0.428. The molecule has 0 saturated heterocycles. The highest BCUT2D eigenvalue weighted by atomic mass is 16.6. The van der Waals surface area contributed by atoms with Crippen LogP contribution in [0.2, 0.25) is 0 Å². The first-order valence-electron chi connectivity index (χ1n) is 9.71. The van der Waals surface area contributed by atoms with Crippen LogP contribution in [0.3, 0.4) is 0 Å². The van der Waals surface area contributed by atoms with E-state index in [-0.39, 0.29) is 18.4 Å². The highest BCUT2D eigenvalue weighted by Crippen LogP contribution is 2.18. The quantitative estimate of drug-likeness (QED) is 0.464. The van der Waals surface area contributed by atoms with Crippen LogP contribution >= 0.6 is 0 Å². The molecule has 3 aromatic rings. The minimum Gasteiger partial charge on any atom is -0.447 e. The third-order valence-corrected chi connectivity index (χ3v) is 4.19. The lowest BCUT2D eigenvalue weighted by atomic mass is 10.1. The standard InChI is InChI=1S/C23H22N4O5/c1-31-11-12-32-23(30)27-20-9-3-8-19(14-20)26-21(28)16-5-2-7-18(13-16)25-22(29)17-6-4-10-24-15-17/h2-10,13-15H,11-12H2,1H3,(H,25,29)(H,26,28)(H,27,30). The Balaban J connectivity index is 1.62. The predicted molar refractivity (Wildman–Crippen MR) is 120 cm³/mol. The van der Waals surface area contributed by atoms with Gasteiger partial charge in [0.15, 0.2) is 0 Å². The molecule has 0 unspecified atom stereocenters. The zero-order valence-electron chi connectivity index (χ0n) is 17.3.